The van der Waals surface area contributed by atoms with Crippen molar-refractivity contribution in [3.63, 3.8) is 0 Å². The fraction of sp³-hybridized carbons (Fsp3) is 0.235. The van der Waals surface area contributed by atoms with E-state index in [4.69, 9.17) is 4.74 Å². The summed E-state index contributed by atoms with van der Waals surface area (Å²) in [5.41, 5.74) is 3.33. The molecule has 22 heavy (non-hydrogen) atoms. The molecule has 2 heterocycles. The van der Waals surface area contributed by atoms with E-state index in [0.29, 0.717) is 11.7 Å². The molecule has 4 rings (SSSR count). The average molecular weight is 293 g/mol. The summed E-state index contributed by atoms with van der Waals surface area (Å²) in [7, 11) is 1.44. The predicted octanol–water partition coefficient (Wildman–Crippen LogP) is 2.67. The van der Waals surface area contributed by atoms with Crippen molar-refractivity contribution in [3.8, 4) is 11.1 Å². The zero-order valence-corrected chi connectivity index (χ0v) is 12.1. The highest BCUT2D eigenvalue weighted by Crippen LogP contribution is 2.48. The Morgan fingerprint density at radius 2 is 2.05 bits per heavy atom. The standard InChI is InChI=1S/C17H15N3O2/c1-22-16(21)15-8-14(15)12-4-2-11(3-5-12)13-9-19-17-18-6-7-20(17)10-13/h2-7,9-10,14-15H,8H2,1H3/t14-,15+/m1/s1. The number of methoxy groups -OCH3 is 1. The van der Waals surface area contributed by atoms with Crippen LogP contribution in [-0.4, -0.2) is 27.4 Å². The van der Waals surface area contributed by atoms with Gasteiger partial charge < -0.3 is 4.74 Å². The number of imidazole rings is 1. The van der Waals surface area contributed by atoms with E-state index in [2.05, 4.69) is 34.2 Å². The topological polar surface area (TPSA) is 56.5 Å². The third kappa shape index (κ3) is 2.15. The number of benzene rings is 1. The summed E-state index contributed by atoms with van der Waals surface area (Å²) in [5.74, 6) is 0.915. The van der Waals surface area contributed by atoms with Crippen molar-refractivity contribution >= 4 is 11.7 Å². The van der Waals surface area contributed by atoms with Crippen LogP contribution in [0.4, 0.5) is 0 Å². The zero-order valence-electron chi connectivity index (χ0n) is 12.1. The number of hydrogen-bond donors (Lipinski definition) is 0. The van der Waals surface area contributed by atoms with Gasteiger partial charge in [-0.15, -0.1) is 0 Å². The van der Waals surface area contributed by atoms with E-state index in [9.17, 15) is 4.79 Å². The van der Waals surface area contributed by atoms with Crippen LogP contribution in [0.5, 0.6) is 0 Å². The summed E-state index contributed by atoms with van der Waals surface area (Å²) < 4.78 is 6.70. The van der Waals surface area contributed by atoms with Crippen LogP contribution in [0.1, 0.15) is 17.9 Å². The highest BCUT2D eigenvalue weighted by Gasteiger charge is 2.44. The summed E-state index contributed by atoms with van der Waals surface area (Å²) in [5, 5.41) is 0. The molecule has 2 aromatic heterocycles. The minimum Gasteiger partial charge on any atom is -0.469 e. The number of esters is 1. The third-order valence-corrected chi connectivity index (χ3v) is 4.21. The molecule has 1 aliphatic rings. The Hall–Kier alpha value is -2.69. The second-order valence-corrected chi connectivity index (χ2v) is 5.57. The monoisotopic (exact) mass is 293 g/mol. The summed E-state index contributed by atoms with van der Waals surface area (Å²) in [4.78, 5) is 20.0. The van der Waals surface area contributed by atoms with Gasteiger partial charge in [0.05, 0.1) is 13.0 Å². The molecule has 5 nitrogen and oxygen atoms in total. The van der Waals surface area contributed by atoms with Crippen LogP contribution in [0.25, 0.3) is 16.9 Å². The van der Waals surface area contributed by atoms with E-state index in [1.54, 1.807) is 6.20 Å². The Balaban J connectivity index is 1.58. The molecule has 0 unspecified atom stereocenters. The van der Waals surface area contributed by atoms with Crippen LogP contribution in [0.2, 0.25) is 0 Å². The van der Waals surface area contributed by atoms with E-state index >= 15 is 0 Å². The lowest BCUT2D eigenvalue weighted by molar-refractivity contribution is -0.142. The predicted molar refractivity (Wildman–Crippen MR) is 81.3 cm³/mol. The lowest BCUT2D eigenvalue weighted by Gasteiger charge is -2.05. The molecule has 1 fully saturated rings. The molecule has 0 bridgehead atoms. The number of hydrogen-bond acceptors (Lipinski definition) is 4. The smallest absolute Gasteiger partial charge is 0.309 e. The van der Waals surface area contributed by atoms with Gasteiger partial charge in [-0.05, 0) is 23.5 Å². The van der Waals surface area contributed by atoms with E-state index in [1.807, 2.05) is 23.0 Å². The van der Waals surface area contributed by atoms with Crippen molar-refractivity contribution in [2.75, 3.05) is 7.11 Å². The van der Waals surface area contributed by atoms with Gasteiger partial charge in [0.15, 0.2) is 0 Å². The Morgan fingerprint density at radius 3 is 2.82 bits per heavy atom. The number of ether oxygens (including phenoxy) is 1. The second-order valence-electron chi connectivity index (χ2n) is 5.57. The summed E-state index contributed by atoms with van der Waals surface area (Å²) in [6.45, 7) is 0. The summed E-state index contributed by atoms with van der Waals surface area (Å²) in [6, 6.07) is 8.31. The van der Waals surface area contributed by atoms with Crippen molar-refractivity contribution in [2.24, 2.45) is 5.92 Å². The van der Waals surface area contributed by atoms with Crippen molar-refractivity contribution < 1.29 is 9.53 Å². The maximum atomic E-state index is 11.5. The van der Waals surface area contributed by atoms with Crippen LogP contribution >= 0.6 is 0 Å². The van der Waals surface area contributed by atoms with Crippen molar-refractivity contribution in [1.29, 1.82) is 0 Å². The molecule has 0 spiro atoms. The second kappa shape index (κ2) is 4.94. The number of rotatable bonds is 3. The Kier molecular flexibility index (Phi) is 2.92. The molecular formula is C17H15N3O2. The van der Waals surface area contributed by atoms with Gasteiger partial charge in [-0.25, -0.2) is 9.97 Å². The molecule has 2 atom stereocenters. The number of carbonyl (C=O) groups excluding carboxylic acids is 1. The maximum Gasteiger partial charge on any atom is 0.309 e. The number of fused-ring (bicyclic) bond motifs is 1. The van der Waals surface area contributed by atoms with Crippen LogP contribution in [0, 0.1) is 5.92 Å². The first-order valence-corrected chi connectivity index (χ1v) is 7.23. The molecule has 110 valence electrons. The van der Waals surface area contributed by atoms with E-state index in [1.165, 1.54) is 12.7 Å². The fourth-order valence-electron chi connectivity index (χ4n) is 2.86. The third-order valence-electron chi connectivity index (χ3n) is 4.21. The lowest BCUT2D eigenvalue weighted by atomic mass is 10.0. The number of aromatic nitrogens is 3. The first-order chi connectivity index (χ1) is 10.8. The SMILES string of the molecule is COC(=O)[C@H]1C[C@@H]1c1ccc(-c2cnc3nccn3c2)cc1. The molecule has 3 aromatic rings. The molecule has 1 saturated carbocycles. The van der Waals surface area contributed by atoms with E-state index in [0.717, 1.165) is 17.5 Å². The number of carbonyl (C=O) groups is 1. The molecule has 0 aliphatic heterocycles. The van der Waals surface area contributed by atoms with Crippen LogP contribution < -0.4 is 0 Å². The minimum absolute atomic E-state index is 0.0276. The van der Waals surface area contributed by atoms with Gasteiger partial charge in [-0.1, -0.05) is 24.3 Å². The average Bonchev–Trinajstić information content (AvgIpc) is 3.23. The molecule has 5 heteroatoms. The maximum absolute atomic E-state index is 11.5. The molecular weight excluding hydrogens is 278 g/mol. The first-order valence-electron chi connectivity index (χ1n) is 7.23. The molecule has 0 radical (unpaired) electrons. The Labute approximate surface area is 127 Å². The lowest BCUT2D eigenvalue weighted by Crippen LogP contribution is -2.03. The largest absolute Gasteiger partial charge is 0.469 e. The van der Waals surface area contributed by atoms with Gasteiger partial charge in [0.2, 0.25) is 5.78 Å². The normalized spacial score (nSPS) is 20.0. The van der Waals surface area contributed by atoms with Crippen molar-refractivity contribution in [1.82, 2.24) is 14.4 Å². The Bertz CT molecular complexity index is 838. The minimum atomic E-state index is -0.108. The molecule has 0 amide bonds. The van der Waals surface area contributed by atoms with E-state index in [-0.39, 0.29) is 11.9 Å². The van der Waals surface area contributed by atoms with Crippen LogP contribution in [0.15, 0.2) is 49.1 Å². The highest BCUT2D eigenvalue weighted by molar-refractivity contribution is 5.77. The number of nitrogens with zero attached hydrogens (tertiary/aromatic N) is 3. The highest BCUT2D eigenvalue weighted by atomic mass is 16.5. The summed E-state index contributed by atoms with van der Waals surface area (Å²) in [6.07, 6.45) is 8.33. The van der Waals surface area contributed by atoms with Gasteiger partial charge in [-0.2, -0.15) is 0 Å². The van der Waals surface area contributed by atoms with Gasteiger partial charge in [0.1, 0.15) is 0 Å². The van der Waals surface area contributed by atoms with E-state index < -0.39 is 0 Å². The molecule has 1 aromatic carbocycles. The van der Waals surface area contributed by atoms with Crippen LogP contribution in [0.3, 0.4) is 0 Å². The van der Waals surface area contributed by atoms with Gasteiger partial charge in [-0.3, -0.25) is 9.20 Å². The Morgan fingerprint density at radius 1 is 1.23 bits per heavy atom. The van der Waals surface area contributed by atoms with Crippen LogP contribution in [-0.2, 0) is 9.53 Å². The quantitative estimate of drug-likeness (QED) is 0.697. The van der Waals surface area contributed by atoms with Gasteiger partial charge in [0, 0.05) is 30.4 Å². The molecule has 0 saturated heterocycles. The summed E-state index contributed by atoms with van der Waals surface area (Å²) >= 11 is 0. The molecule has 1 aliphatic carbocycles. The van der Waals surface area contributed by atoms with Gasteiger partial charge >= 0.3 is 5.97 Å². The molecule has 0 N–H and O–H groups in total. The first kappa shape index (κ1) is 13.0. The van der Waals surface area contributed by atoms with Crippen molar-refractivity contribution in [2.45, 2.75) is 12.3 Å². The fourth-order valence-corrected chi connectivity index (χ4v) is 2.86. The van der Waals surface area contributed by atoms with Crippen molar-refractivity contribution in [3.05, 3.63) is 54.6 Å². The van der Waals surface area contributed by atoms with Gasteiger partial charge in [0.25, 0.3) is 0 Å². The zero-order chi connectivity index (χ0) is 15.1.